The molecule has 0 saturated carbocycles. The first-order valence-corrected chi connectivity index (χ1v) is 13.6. The van der Waals surface area contributed by atoms with E-state index in [4.69, 9.17) is 13.9 Å². The second kappa shape index (κ2) is 15.4. The van der Waals surface area contributed by atoms with Crippen LogP contribution < -0.4 is 4.74 Å². The number of hydrogen-bond acceptors (Lipinski definition) is 8. The van der Waals surface area contributed by atoms with Crippen molar-refractivity contribution in [3.8, 4) is 17.1 Å². The number of aliphatic hydroxyl groups is 4. The molecule has 8 heteroatoms. The van der Waals surface area contributed by atoms with Crippen LogP contribution in [0.25, 0.3) is 22.3 Å². The largest absolute Gasteiger partial charge is 0.491 e. The molecule has 0 aliphatic heterocycles. The summed E-state index contributed by atoms with van der Waals surface area (Å²) in [5.74, 6) is 0.665. The van der Waals surface area contributed by atoms with E-state index in [2.05, 4.69) is 37.8 Å². The van der Waals surface area contributed by atoms with Crippen LogP contribution in [0.2, 0.25) is 0 Å². The summed E-state index contributed by atoms with van der Waals surface area (Å²) in [6.07, 6.45) is 1.02. The van der Waals surface area contributed by atoms with Crippen LogP contribution in [0.5, 0.6) is 5.75 Å². The van der Waals surface area contributed by atoms with E-state index in [9.17, 15) is 25.2 Å². The van der Waals surface area contributed by atoms with Gasteiger partial charge in [0.05, 0.1) is 24.9 Å². The number of aryl methyl sites for hydroxylation is 1. The van der Waals surface area contributed by atoms with Crippen LogP contribution in [-0.4, -0.2) is 64.0 Å². The summed E-state index contributed by atoms with van der Waals surface area (Å²) in [4.78, 5) is 11.0. The first kappa shape index (κ1) is 30.4. The summed E-state index contributed by atoms with van der Waals surface area (Å²) in [6.45, 7) is 5.37. The maximum Gasteiger partial charge on any atom is 0.330 e. The van der Waals surface area contributed by atoms with Crippen molar-refractivity contribution in [2.24, 2.45) is 0 Å². The van der Waals surface area contributed by atoms with Crippen LogP contribution in [0, 0.1) is 0 Å². The van der Waals surface area contributed by atoms with Gasteiger partial charge in [-0.1, -0.05) is 50.6 Å². The molecule has 39 heavy (non-hydrogen) atoms. The van der Waals surface area contributed by atoms with Crippen molar-refractivity contribution in [2.45, 2.75) is 76.3 Å². The summed E-state index contributed by atoms with van der Waals surface area (Å²) in [5, 5.41) is 41.7. The topological polar surface area (TPSA) is 130 Å². The minimum atomic E-state index is -1.31. The number of rotatable bonds is 17. The van der Waals surface area contributed by atoms with Crippen LogP contribution in [-0.2, 0) is 16.0 Å². The first-order valence-electron chi connectivity index (χ1n) is 13.6. The highest BCUT2D eigenvalue weighted by Gasteiger charge is 2.25. The lowest BCUT2D eigenvalue weighted by Crippen LogP contribution is -2.38. The molecular weight excluding hydrogens is 500 g/mol. The number of furan rings is 1. The van der Waals surface area contributed by atoms with E-state index in [-0.39, 0.29) is 26.1 Å². The molecule has 1 heterocycles. The molecule has 3 aromatic rings. The maximum absolute atomic E-state index is 11.0. The smallest absolute Gasteiger partial charge is 0.330 e. The third-order valence-electron chi connectivity index (χ3n) is 6.65. The fraction of sp³-hybridized carbons (Fsp3) is 0.452. The maximum atomic E-state index is 11.0. The van der Waals surface area contributed by atoms with Gasteiger partial charge in [-0.05, 0) is 49.4 Å². The normalized spacial score (nSPS) is 14.5. The van der Waals surface area contributed by atoms with Crippen molar-refractivity contribution in [3.05, 3.63) is 66.7 Å². The van der Waals surface area contributed by atoms with Crippen LogP contribution >= 0.6 is 0 Å². The average molecular weight is 541 g/mol. The van der Waals surface area contributed by atoms with Crippen molar-refractivity contribution in [2.75, 3.05) is 13.2 Å². The standard InChI is InChI=1S/C31H40O8/c1-3-5-6-8-21-10-12-22(13-11-21)29-17-23-14-15-24(18-30(23)39-29)38-20-28(35)27(34)19-26(33)25(32)9-7-16-37-31(36)4-2/h4,10-15,17-18,25-28,32-35H,2-3,5-9,16,19-20H2,1H3. The lowest BCUT2D eigenvalue weighted by atomic mass is 10.0. The van der Waals surface area contributed by atoms with E-state index in [1.165, 1.54) is 24.8 Å². The molecule has 2 aromatic carbocycles. The average Bonchev–Trinajstić information content (AvgIpc) is 3.37. The Hall–Kier alpha value is -3.17. The molecule has 1 aromatic heterocycles. The molecule has 4 N–H and O–H groups in total. The Morgan fingerprint density at radius 2 is 1.69 bits per heavy atom. The molecule has 4 atom stereocenters. The summed E-state index contributed by atoms with van der Waals surface area (Å²) < 4.78 is 16.5. The van der Waals surface area contributed by atoms with Gasteiger partial charge in [-0.2, -0.15) is 0 Å². The van der Waals surface area contributed by atoms with E-state index >= 15 is 0 Å². The van der Waals surface area contributed by atoms with Crippen molar-refractivity contribution >= 4 is 16.9 Å². The highest BCUT2D eigenvalue weighted by atomic mass is 16.5. The quantitative estimate of drug-likeness (QED) is 0.111. The van der Waals surface area contributed by atoms with Gasteiger partial charge in [-0.25, -0.2) is 4.79 Å². The number of ether oxygens (including phenoxy) is 2. The molecular formula is C31H40O8. The van der Waals surface area contributed by atoms with Gasteiger partial charge in [-0.15, -0.1) is 0 Å². The number of unbranched alkanes of at least 4 members (excludes halogenated alkanes) is 2. The minimum Gasteiger partial charge on any atom is -0.491 e. The number of carbonyl (C=O) groups excluding carboxylic acids is 1. The Bertz CT molecular complexity index is 1170. The number of carbonyl (C=O) groups is 1. The van der Waals surface area contributed by atoms with Gasteiger partial charge in [0.2, 0.25) is 0 Å². The van der Waals surface area contributed by atoms with Crippen LogP contribution in [0.3, 0.4) is 0 Å². The van der Waals surface area contributed by atoms with Crippen LogP contribution in [0.1, 0.15) is 51.0 Å². The molecule has 0 radical (unpaired) electrons. The van der Waals surface area contributed by atoms with E-state index in [0.717, 1.165) is 29.2 Å². The lowest BCUT2D eigenvalue weighted by molar-refractivity contribution is -0.138. The van der Waals surface area contributed by atoms with E-state index in [1.54, 1.807) is 12.1 Å². The van der Waals surface area contributed by atoms with Gasteiger partial charge in [0.15, 0.2) is 0 Å². The third kappa shape index (κ3) is 9.51. The molecule has 212 valence electrons. The van der Waals surface area contributed by atoms with Crippen molar-refractivity contribution in [3.63, 3.8) is 0 Å². The summed E-state index contributed by atoms with van der Waals surface area (Å²) >= 11 is 0. The fourth-order valence-electron chi connectivity index (χ4n) is 4.23. The Morgan fingerprint density at radius 3 is 2.41 bits per heavy atom. The SMILES string of the molecule is C=CC(=O)OCCCC(O)C(O)CC(O)C(O)COc1ccc2cc(-c3ccc(CCCCC)cc3)oc2c1. The summed E-state index contributed by atoms with van der Waals surface area (Å²) in [7, 11) is 0. The molecule has 8 nitrogen and oxygen atoms in total. The second-order valence-corrected chi connectivity index (χ2v) is 9.79. The van der Waals surface area contributed by atoms with Gasteiger partial charge < -0.3 is 34.3 Å². The van der Waals surface area contributed by atoms with Crippen LogP contribution in [0.4, 0.5) is 0 Å². The molecule has 0 fully saturated rings. The molecule has 0 spiro atoms. The number of fused-ring (bicyclic) bond motifs is 1. The number of benzene rings is 2. The van der Waals surface area contributed by atoms with Gasteiger partial charge in [0, 0.05) is 29.5 Å². The highest BCUT2D eigenvalue weighted by Crippen LogP contribution is 2.30. The molecule has 3 rings (SSSR count). The molecule has 0 aliphatic carbocycles. The Balaban J connectivity index is 1.48. The molecule has 0 saturated heterocycles. The first-order chi connectivity index (χ1) is 18.8. The third-order valence-corrected chi connectivity index (χ3v) is 6.65. The van der Waals surface area contributed by atoms with Crippen molar-refractivity contribution in [1.29, 1.82) is 0 Å². The zero-order valence-corrected chi connectivity index (χ0v) is 22.5. The Morgan fingerprint density at radius 1 is 0.949 bits per heavy atom. The lowest BCUT2D eigenvalue weighted by Gasteiger charge is -2.23. The zero-order valence-electron chi connectivity index (χ0n) is 22.5. The minimum absolute atomic E-state index is 0.0839. The predicted octanol–water partition coefficient (Wildman–Crippen LogP) is 4.55. The Kier molecular flexibility index (Phi) is 12.0. The van der Waals surface area contributed by atoms with Gasteiger partial charge in [-0.3, -0.25) is 0 Å². The molecule has 0 bridgehead atoms. The van der Waals surface area contributed by atoms with Crippen LogP contribution in [0.15, 0.2) is 65.6 Å². The predicted molar refractivity (Wildman–Crippen MR) is 149 cm³/mol. The fourth-order valence-corrected chi connectivity index (χ4v) is 4.23. The molecule has 0 aliphatic rings. The zero-order chi connectivity index (χ0) is 28.2. The van der Waals surface area contributed by atoms with E-state index in [0.29, 0.717) is 17.8 Å². The number of aliphatic hydroxyl groups excluding tert-OH is 4. The second-order valence-electron chi connectivity index (χ2n) is 9.79. The number of hydrogen-bond donors (Lipinski definition) is 4. The molecule has 0 amide bonds. The monoisotopic (exact) mass is 540 g/mol. The molecule has 4 unspecified atom stereocenters. The van der Waals surface area contributed by atoms with E-state index < -0.39 is 30.4 Å². The summed E-state index contributed by atoms with van der Waals surface area (Å²) in [5.41, 5.74) is 2.94. The Labute approximate surface area is 229 Å². The van der Waals surface area contributed by atoms with Gasteiger partial charge in [0.1, 0.15) is 29.8 Å². The number of esters is 1. The van der Waals surface area contributed by atoms with Gasteiger partial charge in [0.25, 0.3) is 0 Å². The van der Waals surface area contributed by atoms with Crippen molar-refractivity contribution in [1.82, 2.24) is 0 Å². The van der Waals surface area contributed by atoms with E-state index in [1.807, 2.05) is 12.1 Å². The van der Waals surface area contributed by atoms with Gasteiger partial charge >= 0.3 is 5.97 Å². The summed E-state index contributed by atoms with van der Waals surface area (Å²) in [6, 6.07) is 15.7. The van der Waals surface area contributed by atoms with Crippen molar-refractivity contribution < 1.29 is 39.1 Å². The highest BCUT2D eigenvalue weighted by molar-refractivity contribution is 5.84.